The van der Waals surface area contributed by atoms with Crippen molar-refractivity contribution in [3.05, 3.63) is 33.9 Å². The van der Waals surface area contributed by atoms with E-state index in [4.69, 9.17) is 4.42 Å². The number of nitrogens with zero attached hydrogens (tertiary/aromatic N) is 1. The molecule has 0 unspecified atom stereocenters. The van der Waals surface area contributed by atoms with E-state index < -0.39 is 0 Å². The van der Waals surface area contributed by atoms with Crippen LogP contribution in [0.1, 0.15) is 11.3 Å². The molecule has 0 spiro atoms. The van der Waals surface area contributed by atoms with Gasteiger partial charge in [0.15, 0.2) is 0 Å². The zero-order chi connectivity index (χ0) is 6.69. The molecule has 0 saturated carbocycles. The van der Waals surface area contributed by atoms with Gasteiger partial charge in [-0.3, -0.25) is 0 Å². The summed E-state index contributed by atoms with van der Waals surface area (Å²) >= 11 is 0. The van der Waals surface area contributed by atoms with Crippen LogP contribution in [0.15, 0.2) is 16.7 Å². The molecule has 0 aromatic carbocycles. The van der Waals surface area contributed by atoms with E-state index in [1.165, 1.54) is 6.26 Å². The fourth-order valence-corrected chi connectivity index (χ4v) is 0.550. The van der Waals surface area contributed by atoms with Gasteiger partial charge in [-0.25, -0.2) is 0 Å². The van der Waals surface area contributed by atoms with Crippen LogP contribution >= 0.6 is 0 Å². The standard InChI is InChI=1S/C6H5NO2/c1-5-6(4-7-8)2-3-9-5/h2-3H,1H3. The van der Waals surface area contributed by atoms with E-state index in [1.54, 1.807) is 13.0 Å². The molecule has 0 radical (unpaired) electrons. The number of aryl methyl sites for hydroxylation is 1. The molecule has 0 atom stereocenters. The third-order valence-electron chi connectivity index (χ3n) is 1.02. The molecule has 0 saturated heterocycles. The van der Waals surface area contributed by atoms with Crippen LogP contribution < -0.4 is 0 Å². The van der Waals surface area contributed by atoms with Crippen LogP contribution in [0, 0.1) is 18.2 Å². The molecule has 0 amide bonds. The first-order valence-corrected chi connectivity index (χ1v) is 2.47. The van der Waals surface area contributed by atoms with Crippen molar-refractivity contribution in [3.8, 4) is 6.07 Å². The Morgan fingerprint density at radius 3 is 3.00 bits per heavy atom. The van der Waals surface area contributed by atoms with Crippen molar-refractivity contribution in [2.45, 2.75) is 6.92 Å². The Balaban J connectivity index is 3.03. The third kappa shape index (κ3) is 1.03. The van der Waals surface area contributed by atoms with Crippen molar-refractivity contribution in [2.24, 2.45) is 0 Å². The van der Waals surface area contributed by atoms with Crippen LogP contribution in [0.5, 0.6) is 0 Å². The minimum absolute atomic E-state index is 0.616. The summed E-state index contributed by atoms with van der Waals surface area (Å²) in [7, 11) is 0. The Morgan fingerprint density at radius 2 is 2.56 bits per heavy atom. The van der Waals surface area contributed by atoms with Crippen LogP contribution in [0.3, 0.4) is 0 Å². The first-order chi connectivity index (χ1) is 4.34. The second-order valence-electron chi connectivity index (χ2n) is 1.59. The number of rotatable bonds is 0. The lowest BCUT2D eigenvalue weighted by atomic mass is 10.3. The smallest absolute Gasteiger partial charge is 0.340 e. The van der Waals surface area contributed by atoms with Crippen LogP contribution in [0.4, 0.5) is 0 Å². The molecule has 0 aliphatic heterocycles. The van der Waals surface area contributed by atoms with E-state index in [-0.39, 0.29) is 0 Å². The molecule has 1 rings (SSSR count). The molecule has 9 heavy (non-hydrogen) atoms. The fraction of sp³-hybridized carbons (Fsp3) is 0.167. The van der Waals surface area contributed by atoms with E-state index >= 15 is 0 Å². The van der Waals surface area contributed by atoms with Gasteiger partial charge in [0.25, 0.3) is 0 Å². The lowest BCUT2D eigenvalue weighted by Gasteiger charge is -1.74. The Labute approximate surface area is 52.3 Å². The van der Waals surface area contributed by atoms with Gasteiger partial charge >= 0.3 is 6.07 Å². The SMILES string of the molecule is Cc1occc1C#[N+][O-]. The molecule has 3 nitrogen and oxygen atoms in total. The van der Waals surface area contributed by atoms with Crippen molar-refractivity contribution < 1.29 is 4.42 Å². The average molecular weight is 123 g/mol. The molecule has 1 heterocycles. The van der Waals surface area contributed by atoms with E-state index in [2.05, 4.69) is 11.1 Å². The third-order valence-corrected chi connectivity index (χ3v) is 1.02. The average Bonchev–Trinajstić information content (AvgIpc) is 2.18. The lowest BCUT2D eigenvalue weighted by Crippen LogP contribution is -1.68. The summed E-state index contributed by atoms with van der Waals surface area (Å²) in [6, 6.07) is 3.87. The van der Waals surface area contributed by atoms with Gasteiger partial charge in [-0.15, -0.1) is 0 Å². The van der Waals surface area contributed by atoms with Crippen molar-refractivity contribution in [1.29, 1.82) is 0 Å². The van der Waals surface area contributed by atoms with Crippen molar-refractivity contribution in [1.82, 2.24) is 0 Å². The highest BCUT2D eigenvalue weighted by Crippen LogP contribution is 2.05. The van der Waals surface area contributed by atoms with Gasteiger partial charge in [0.05, 0.1) is 6.26 Å². The van der Waals surface area contributed by atoms with Gasteiger partial charge in [0, 0.05) is 5.01 Å². The zero-order valence-corrected chi connectivity index (χ0v) is 4.92. The number of hydrogen-bond donors (Lipinski definition) is 0. The van der Waals surface area contributed by atoms with Gasteiger partial charge in [0.1, 0.15) is 11.3 Å². The summed E-state index contributed by atoms with van der Waals surface area (Å²) in [5, 5.41) is 12.1. The predicted octanol–water partition coefficient (Wildman–Crippen LogP) is 1.77. The van der Waals surface area contributed by atoms with Gasteiger partial charge in [-0.05, 0) is 13.0 Å². The van der Waals surface area contributed by atoms with Crippen molar-refractivity contribution in [2.75, 3.05) is 0 Å². The van der Waals surface area contributed by atoms with Crippen molar-refractivity contribution in [3.63, 3.8) is 0 Å². The molecule has 1 aromatic heterocycles. The molecule has 0 bridgehead atoms. The molecule has 1 aromatic rings. The summed E-state index contributed by atoms with van der Waals surface area (Å²) < 4.78 is 4.86. The molecule has 0 N–H and O–H groups in total. The number of furan rings is 1. The summed E-state index contributed by atoms with van der Waals surface area (Å²) in [4.78, 5) is 0. The Bertz CT molecular complexity index is 254. The lowest BCUT2D eigenvalue weighted by molar-refractivity contribution is 0.533. The minimum atomic E-state index is 0.616. The Hall–Kier alpha value is -1.43. The van der Waals surface area contributed by atoms with Gasteiger partial charge in [-0.1, -0.05) is 0 Å². The predicted molar refractivity (Wildman–Crippen MR) is 33.2 cm³/mol. The molecule has 0 aliphatic carbocycles. The molecule has 3 heteroatoms. The second kappa shape index (κ2) is 2.23. The van der Waals surface area contributed by atoms with Crippen molar-refractivity contribution >= 4 is 0 Å². The van der Waals surface area contributed by atoms with Gasteiger partial charge in [0.2, 0.25) is 0 Å². The van der Waals surface area contributed by atoms with Crippen LogP contribution in [-0.4, -0.2) is 0 Å². The maximum atomic E-state index is 9.62. The molecule has 0 fully saturated rings. The maximum Gasteiger partial charge on any atom is 0.340 e. The van der Waals surface area contributed by atoms with Crippen LogP contribution in [0.25, 0.3) is 5.01 Å². The monoisotopic (exact) mass is 123 g/mol. The second-order valence-corrected chi connectivity index (χ2v) is 1.59. The Morgan fingerprint density at radius 1 is 1.78 bits per heavy atom. The van der Waals surface area contributed by atoms with E-state index in [0.29, 0.717) is 11.3 Å². The van der Waals surface area contributed by atoms with E-state index in [0.717, 1.165) is 0 Å². The summed E-state index contributed by atoms with van der Waals surface area (Å²) in [6.07, 6.45) is 1.49. The van der Waals surface area contributed by atoms with E-state index in [1.807, 2.05) is 0 Å². The molecule has 0 aliphatic rings. The topological polar surface area (TPSA) is 40.6 Å². The fourth-order valence-electron chi connectivity index (χ4n) is 0.550. The highest BCUT2D eigenvalue weighted by Gasteiger charge is 2.00. The quantitative estimate of drug-likeness (QED) is 0.493. The van der Waals surface area contributed by atoms with E-state index in [9.17, 15) is 5.21 Å². The summed E-state index contributed by atoms with van der Waals surface area (Å²) in [5.74, 6) is 0.662. The highest BCUT2D eigenvalue weighted by molar-refractivity contribution is 5.32. The largest absolute Gasteiger partial charge is 0.498 e. The highest BCUT2D eigenvalue weighted by atomic mass is 16.4. The van der Waals surface area contributed by atoms with Crippen LogP contribution in [0.2, 0.25) is 0 Å². The van der Waals surface area contributed by atoms with Gasteiger partial charge in [-0.2, -0.15) is 0 Å². The summed E-state index contributed by atoms with van der Waals surface area (Å²) in [5.41, 5.74) is 0.616. The molecule has 46 valence electrons. The summed E-state index contributed by atoms with van der Waals surface area (Å²) in [6.45, 7) is 1.74. The maximum absolute atomic E-state index is 9.62. The molecular formula is C6H5NO2. The zero-order valence-electron chi connectivity index (χ0n) is 4.92. The minimum Gasteiger partial charge on any atom is -0.498 e. The van der Waals surface area contributed by atoms with Crippen LogP contribution in [-0.2, 0) is 0 Å². The Kier molecular flexibility index (Phi) is 1.41. The normalized spacial score (nSPS) is 8.11. The first kappa shape index (κ1) is 5.70. The van der Waals surface area contributed by atoms with Gasteiger partial charge < -0.3 is 9.62 Å². The molecular weight excluding hydrogens is 118 g/mol. The first-order valence-electron chi connectivity index (χ1n) is 2.47. The number of hydrogen-bond acceptors (Lipinski definition) is 2.